The normalized spacial score (nSPS) is 10.6. The quantitative estimate of drug-likeness (QED) is 0.460. The molecule has 0 spiro atoms. The number of benzene rings is 1. The molecule has 0 aliphatic rings. The smallest absolute Gasteiger partial charge is 0.255 e. The Hall–Kier alpha value is -2.42. The van der Waals surface area contributed by atoms with Crippen molar-refractivity contribution in [2.45, 2.75) is 0 Å². The van der Waals surface area contributed by atoms with Gasteiger partial charge in [-0.15, -0.1) is 0 Å². The van der Waals surface area contributed by atoms with Crippen LogP contribution in [0, 0.1) is 0 Å². The molecule has 0 fully saturated rings. The van der Waals surface area contributed by atoms with E-state index in [9.17, 15) is 14.7 Å². The van der Waals surface area contributed by atoms with Crippen LogP contribution < -0.4 is 5.32 Å². The van der Waals surface area contributed by atoms with Gasteiger partial charge in [-0.1, -0.05) is 0 Å². The molecule has 0 unspecified atom stereocenters. The summed E-state index contributed by atoms with van der Waals surface area (Å²) in [6.45, 7) is 0. The highest BCUT2D eigenvalue weighted by Crippen LogP contribution is 2.20. The van der Waals surface area contributed by atoms with Crippen molar-refractivity contribution in [3.05, 3.63) is 53.9 Å². The van der Waals surface area contributed by atoms with E-state index in [4.69, 9.17) is 0 Å². The number of nitrogens with one attached hydrogen (secondary N) is 2. The number of carbonyl (C=O) groups excluding carboxylic acids is 2. The first-order valence-corrected chi connectivity index (χ1v) is 7.40. The Morgan fingerprint density at radius 2 is 1.91 bits per heavy atom. The van der Waals surface area contributed by atoms with Gasteiger partial charge in [-0.2, -0.15) is 0 Å². The number of phenolic OH excluding ortho intramolecular Hbond substituents is 1. The van der Waals surface area contributed by atoms with E-state index in [-0.39, 0.29) is 15.4 Å². The summed E-state index contributed by atoms with van der Waals surface area (Å²) >= 11 is 1.69. The van der Waals surface area contributed by atoms with Gasteiger partial charge in [0.25, 0.3) is 5.91 Å². The molecule has 2 heterocycles. The summed E-state index contributed by atoms with van der Waals surface area (Å²) in [7, 11) is 0. The maximum Gasteiger partial charge on any atom is 0.255 e. The number of halogens is 1. The van der Waals surface area contributed by atoms with Crippen molar-refractivity contribution in [1.82, 2.24) is 9.97 Å². The van der Waals surface area contributed by atoms with E-state index >= 15 is 0 Å². The number of anilines is 1. The molecule has 110 valence electrons. The molecule has 1 aromatic carbocycles. The van der Waals surface area contributed by atoms with Crippen LogP contribution in [0.15, 0.2) is 42.6 Å². The fraction of sp³-hybridized carbons (Fsp3) is 0. The molecule has 0 atom stereocenters. The molecule has 2 aromatic heterocycles. The number of phenols is 1. The number of aromatic amines is 1. The van der Waals surface area contributed by atoms with E-state index in [0.29, 0.717) is 22.6 Å². The summed E-state index contributed by atoms with van der Waals surface area (Å²) in [5.41, 5.74) is 2.00. The SMILES string of the molecule is O=C(Nc1cnc2[nH]c(C(=O)I)cc2c1)c1ccc(O)cc1. The topological polar surface area (TPSA) is 95.1 Å². The number of pyridine rings is 1. The largest absolute Gasteiger partial charge is 0.508 e. The molecule has 0 saturated heterocycles. The van der Waals surface area contributed by atoms with Crippen molar-refractivity contribution in [3.8, 4) is 5.75 Å². The standard InChI is InChI=1S/C15H10IN3O3/c16-13(21)12-6-9-5-10(7-17-14(9)19-12)18-15(22)8-1-3-11(20)4-2-8/h1-7,20H,(H,17,19)(H,18,22). The molecule has 6 nitrogen and oxygen atoms in total. The zero-order chi connectivity index (χ0) is 15.7. The van der Waals surface area contributed by atoms with Crippen molar-refractivity contribution in [3.63, 3.8) is 0 Å². The van der Waals surface area contributed by atoms with E-state index in [1.54, 1.807) is 34.7 Å². The molecule has 3 aromatic rings. The number of aromatic nitrogens is 2. The van der Waals surface area contributed by atoms with Crippen molar-refractivity contribution in [1.29, 1.82) is 0 Å². The van der Waals surface area contributed by atoms with Crippen LogP contribution in [0.5, 0.6) is 5.75 Å². The molecular weight excluding hydrogens is 397 g/mol. The second kappa shape index (κ2) is 5.76. The van der Waals surface area contributed by atoms with E-state index in [1.807, 2.05) is 0 Å². The number of fused-ring (bicyclic) bond motifs is 1. The van der Waals surface area contributed by atoms with Crippen LogP contribution in [-0.2, 0) is 0 Å². The van der Waals surface area contributed by atoms with E-state index < -0.39 is 0 Å². The molecule has 0 aliphatic carbocycles. The Morgan fingerprint density at radius 1 is 1.18 bits per heavy atom. The zero-order valence-corrected chi connectivity index (χ0v) is 13.3. The highest BCUT2D eigenvalue weighted by atomic mass is 127. The third-order valence-corrected chi connectivity index (χ3v) is 3.65. The lowest BCUT2D eigenvalue weighted by atomic mass is 10.2. The highest BCUT2D eigenvalue weighted by Gasteiger charge is 2.10. The lowest BCUT2D eigenvalue weighted by molar-refractivity contribution is 0.102. The lowest BCUT2D eigenvalue weighted by Crippen LogP contribution is -2.11. The van der Waals surface area contributed by atoms with Gasteiger partial charge < -0.3 is 15.4 Å². The van der Waals surface area contributed by atoms with E-state index in [0.717, 1.165) is 5.39 Å². The molecule has 7 heteroatoms. The molecule has 3 rings (SSSR count). The van der Waals surface area contributed by atoms with Crippen LogP contribution in [-0.4, -0.2) is 24.8 Å². The first-order valence-electron chi connectivity index (χ1n) is 6.32. The monoisotopic (exact) mass is 407 g/mol. The molecule has 22 heavy (non-hydrogen) atoms. The molecule has 0 bridgehead atoms. The van der Waals surface area contributed by atoms with Crippen molar-refractivity contribution < 1.29 is 14.7 Å². The zero-order valence-electron chi connectivity index (χ0n) is 11.1. The second-order valence-corrected chi connectivity index (χ2v) is 5.60. The number of amides is 1. The Labute approximate surface area is 138 Å². The molecule has 0 aliphatic heterocycles. The molecular formula is C15H10IN3O3. The predicted molar refractivity (Wildman–Crippen MR) is 90.5 cm³/mol. The van der Waals surface area contributed by atoms with E-state index in [2.05, 4.69) is 15.3 Å². The van der Waals surface area contributed by atoms with Crippen LogP contribution in [0.1, 0.15) is 20.8 Å². The second-order valence-electron chi connectivity index (χ2n) is 4.62. The summed E-state index contributed by atoms with van der Waals surface area (Å²) in [6.07, 6.45) is 1.51. The number of nitrogens with zero attached hydrogens (tertiary/aromatic N) is 1. The fourth-order valence-corrected chi connectivity index (χ4v) is 2.30. The number of hydrogen-bond acceptors (Lipinski definition) is 4. The van der Waals surface area contributed by atoms with Gasteiger partial charge in [0.2, 0.25) is 3.79 Å². The Bertz CT molecular complexity index is 871. The Kier molecular flexibility index (Phi) is 3.80. The number of aromatic hydroxyl groups is 1. The summed E-state index contributed by atoms with van der Waals surface area (Å²) in [5, 5.41) is 12.7. The highest BCUT2D eigenvalue weighted by molar-refractivity contribution is 14.1. The van der Waals surface area contributed by atoms with Crippen molar-refractivity contribution in [2.75, 3.05) is 5.32 Å². The Morgan fingerprint density at radius 3 is 2.59 bits per heavy atom. The van der Waals surface area contributed by atoms with Crippen LogP contribution in [0.25, 0.3) is 11.0 Å². The van der Waals surface area contributed by atoms with Gasteiger partial charge in [-0.05, 0) is 36.4 Å². The van der Waals surface area contributed by atoms with Crippen LogP contribution >= 0.6 is 22.6 Å². The lowest BCUT2D eigenvalue weighted by Gasteiger charge is -2.05. The fourth-order valence-electron chi connectivity index (χ4n) is 2.01. The van der Waals surface area contributed by atoms with Gasteiger partial charge in [0.15, 0.2) is 0 Å². The minimum Gasteiger partial charge on any atom is -0.508 e. The van der Waals surface area contributed by atoms with Gasteiger partial charge in [0.1, 0.15) is 11.4 Å². The summed E-state index contributed by atoms with van der Waals surface area (Å²) in [4.78, 5) is 30.5. The summed E-state index contributed by atoms with van der Waals surface area (Å²) in [5.74, 6) is -0.204. The first-order chi connectivity index (χ1) is 10.5. The molecule has 0 saturated carbocycles. The number of carbonyl (C=O) groups is 2. The van der Waals surface area contributed by atoms with E-state index in [1.165, 1.54) is 30.5 Å². The average Bonchev–Trinajstić information content (AvgIpc) is 2.91. The van der Waals surface area contributed by atoms with Gasteiger partial charge in [0.05, 0.1) is 17.6 Å². The predicted octanol–water partition coefficient (Wildman–Crippen LogP) is 3.10. The summed E-state index contributed by atoms with van der Waals surface area (Å²) in [6, 6.07) is 9.37. The van der Waals surface area contributed by atoms with Gasteiger partial charge >= 0.3 is 0 Å². The maximum absolute atomic E-state index is 12.1. The van der Waals surface area contributed by atoms with Gasteiger partial charge in [0, 0.05) is 33.5 Å². The molecule has 0 radical (unpaired) electrons. The Balaban J connectivity index is 1.85. The molecule has 1 amide bonds. The van der Waals surface area contributed by atoms with Crippen LogP contribution in [0.2, 0.25) is 0 Å². The average molecular weight is 407 g/mol. The minimum atomic E-state index is -0.304. The van der Waals surface area contributed by atoms with Crippen molar-refractivity contribution in [2.24, 2.45) is 0 Å². The maximum atomic E-state index is 12.1. The third-order valence-electron chi connectivity index (χ3n) is 3.07. The third kappa shape index (κ3) is 2.93. The first kappa shape index (κ1) is 14.5. The van der Waals surface area contributed by atoms with Gasteiger partial charge in [-0.25, -0.2) is 4.98 Å². The minimum absolute atomic E-state index is 0.1000. The number of rotatable bonds is 3. The van der Waals surface area contributed by atoms with Gasteiger partial charge in [-0.3, -0.25) is 9.59 Å². The number of hydrogen-bond donors (Lipinski definition) is 3. The van der Waals surface area contributed by atoms with Crippen LogP contribution in [0.3, 0.4) is 0 Å². The molecule has 3 N–H and O–H groups in total. The van der Waals surface area contributed by atoms with Crippen LogP contribution in [0.4, 0.5) is 5.69 Å². The summed E-state index contributed by atoms with van der Waals surface area (Å²) < 4.78 is -0.106. The number of H-pyrrole nitrogens is 1. The van der Waals surface area contributed by atoms with Crippen molar-refractivity contribution >= 4 is 49.0 Å².